The summed E-state index contributed by atoms with van der Waals surface area (Å²) in [6, 6.07) is 22.4. The van der Waals surface area contributed by atoms with Crippen LogP contribution in [0.5, 0.6) is 17.2 Å². The van der Waals surface area contributed by atoms with E-state index in [-0.39, 0.29) is 5.91 Å². The maximum atomic E-state index is 12.5. The van der Waals surface area contributed by atoms with Crippen LogP contribution < -0.4 is 19.5 Å². The SMILES string of the molecule is O=C(Nc1ccc2c(c1)OCCO2)c1ccc(COc2ccccc2)cc1. The van der Waals surface area contributed by atoms with Gasteiger partial charge in [0, 0.05) is 17.3 Å². The molecule has 0 fully saturated rings. The largest absolute Gasteiger partial charge is 0.489 e. The fraction of sp³-hybridized carbons (Fsp3) is 0.136. The number of rotatable bonds is 5. The van der Waals surface area contributed by atoms with E-state index in [1.807, 2.05) is 42.5 Å². The highest BCUT2D eigenvalue weighted by molar-refractivity contribution is 6.04. The molecule has 0 aromatic heterocycles. The van der Waals surface area contributed by atoms with Crippen LogP contribution in [0.2, 0.25) is 0 Å². The summed E-state index contributed by atoms with van der Waals surface area (Å²) in [7, 11) is 0. The van der Waals surface area contributed by atoms with Crippen molar-refractivity contribution in [2.24, 2.45) is 0 Å². The molecule has 0 atom stereocenters. The zero-order chi connectivity index (χ0) is 18.5. The first kappa shape index (κ1) is 17.0. The number of anilines is 1. The summed E-state index contributed by atoms with van der Waals surface area (Å²) >= 11 is 0. The van der Waals surface area contributed by atoms with Crippen LogP contribution in [0.15, 0.2) is 72.8 Å². The Labute approximate surface area is 157 Å². The second-order valence-corrected chi connectivity index (χ2v) is 6.11. The Morgan fingerprint density at radius 3 is 2.41 bits per heavy atom. The molecule has 3 aromatic rings. The molecule has 5 heteroatoms. The number of carbonyl (C=O) groups is 1. The average molecular weight is 361 g/mol. The molecular formula is C22H19NO4. The maximum absolute atomic E-state index is 12.5. The first-order valence-corrected chi connectivity index (χ1v) is 8.76. The zero-order valence-electron chi connectivity index (χ0n) is 14.7. The third kappa shape index (κ3) is 4.20. The summed E-state index contributed by atoms with van der Waals surface area (Å²) in [5.41, 5.74) is 2.24. The van der Waals surface area contributed by atoms with Gasteiger partial charge in [0.2, 0.25) is 0 Å². The van der Waals surface area contributed by atoms with Crippen molar-refractivity contribution in [2.45, 2.75) is 6.61 Å². The fourth-order valence-electron chi connectivity index (χ4n) is 2.76. The Morgan fingerprint density at radius 2 is 1.63 bits per heavy atom. The predicted molar refractivity (Wildman–Crippen MR) is 103 cm³/mol. The molecule has 0 bridgehead atoms. The van der Waals surface area contributed by atoms with E-state index >= 15 is 0 Å². The number of carbonyl (C=O) groups excluding carboxylic acids is 1. The Hall–Kier alpha value is -3.47. The van der Waals surface area contributed by atoms with Crippen LogP contribution in [0.25, 0.3) is 0 Å². The zero-order valence-corrected chi connectivity index (χ0v) is 14.7. The molecule has 0 radical (unpaired) electrons. The van der Waals surface area contributed by atoms with Gasteiger partial charge in [0.1, 0.15) is 25.6 Å². The molecule has 1 aliphatic rings. The molecule has 1 N–H and O–H groups in total. The second kappa shape index (κ2) is 7.83. The summed E-state index contributed by atoms with van der Waals surface area (Å²) < 4.78 is 16.7. The van der Waals surface area contributed by atoms with E-state index in [2.05, 4.69) is 5.32 Å². The van der Waals surface area contributed by atoms with Gasteiger partial charge in [-0.3, -0.25) is 4.79 Å². The molecule has 27 heavy (non-hydrogen) atoms. The van der Waals surface area contributed by atoms with Gasteiger partial charge in [-0.15, -0.1) is 0 Å². The van der Waals surface area contributed by atoms with Gasteiger partial charge < -0.3 is 19.5 Å². The molecule has 1 heterocycles. The molecule has 0 spiro atoms. The summed E-state index contributed by atoms with van der Waals surface area (Å²) in [6.07, 6.45) is 0. The van der Waals surface area contributed by atoms with Gasteiger partial charge in [-0.25, -0.2) is 0 Å². The molecule has 0 saturated heterocycles. The summed E-state index contributed by atoms with van der Waals surface area (Å²) in [5, 5.41) is 2.88. The Kier molecular flexibility index (Phi) is 4.92. The van der Waals surface area contributed by atoms with Gasteiger partial charge in [-0.05, 0) is 42.0 Å². The minimum absolute atomic E-state index is 0.179. The molecular weight excluding hydrogens is 342 g/mol. The lowest BCUT2D eigenvalue weighted by molar-refractivity contribution is 0.102. The van der Waals surface area contributed by atoms with Gasteiger partial charge >= 0.3 is 0 Å². The second-order valence-electron chi connectivity index (χ2n) is 6.11. The number of para-hydroxylation sites is 1. The van der Waals surface area contributed by atoms with Crippen molar-refractivity contribution in [1.82, 2.24) is 0 Å². The molecule has 0 unspecified atom stereocenters. The number of hydrogen-bond donors (Lipinski definition) is 1. The first-order valence-electron chi connectivity index (χ1n) is 8.76. The number of ether oxygens (including phenoxy) is 3. The van der Waals surface area contributed by atoms with Crippen LogP contribution in [-0.2, 0) is 6.61 Å². The van der Waals surface area contributed by atoms with Gasteiger partial charge in [0.15, 0.2) is 11.5 Å². The molecule has 3 aromatic carbocycles. The van der Waals surface area contributed by atoms with E-state index in [0.29, 0.717) is 42.6 Å². The van der Waals surface area contributed by atoms with Crippen molar-refractivity contribution < 1.29 is 19.0 Å². The van der Waals surface area contributed by atoms with Crippen LogP contribution >= 0.6 is 0 Å². The van der Waals surface area contributed by atoms with Crippen LogP contribution in [0.1, 0.15) is 15.9 Å². The lowest BCUT2D eigenvalue weighted by Crippen LogP contribution is -2.16. The molecule has 1 aliphatic heterocycles. The predicted octanol–water partition coefficient (Wildman–Crippen LogP) is 4.29. The standard InChI is InChI=1S/C22H19NO4/c24-22(23-18-10-11-20-21(14-18)26-13-12-25-20)17-8-6-16(7-9-17)15-27-19-4-2-1-3-5-19/h1-11,14H,12-13,15H2,(H,23,24). The minimum Gasteiger partial charge on any atom is -0.489 e. The quantitative estimate of drug-likeness (QED) is 0.737. The smallest absolute Gasteiger partial charge is 0.255 e. The lowest BCUT2D eigenvalue weighted by atomic mass is 10.1. The van der Waals surface area contributed by atoms with Crippen LogP contribution in [0.3, 0.4) is 0 Å². The molecule has 5 nitrogen and oxygen atoms in total. The highest BCUT2D eigenvalue weighted by Gasteiger charge is 2.13. The van der Waals surface area contributed by atoms with E-state index in [4.69, 9.17) is 14.2 Å². The molecule has 4 rings (SSSR count). The van der Waals surface area contributed by atoms with Crippen molar-refractivity contribution in [3.8, 4) is 17.2 Å². The summed E-state index contributed by atoms with van der Waals surface area (Å²) in [4.78, 5) is 12.5. The maximum Gasteiger partial charge on any atom is 0.255 e. The summed E-state index contributed by atoms with van der Waals surface area (Å²) in [5.74, 6) is 1.98. The van der Waals surface area contributed by atoms with E-state index in [9.17, 15) is 4.79 Å². The molecule has 0 saturated carbocycles. The normalized spacial score (nSPS) is 12.3. The minimum atomic E-state index is -0.179. The number of benzene rings is 3. The Balaban J connectivity index is 1.37. The highest BCUT2D eigenvalue weighted by Crippen LogP contribution is 2.32. The Bertz CT molecular complexity index is 923. The van der Waals surface area contributed by atoms with Crippen LogP contribution in [-0.4, -0.2) is 19.1 Å². The van der Waals surface area contributed by atoms with Crippen molar-refractivity contribution in [1.29, 1.82) is 0 Å². The topological polar surface area (TPSA) is 56.8 Å². The number of hydrogen-bond acceptors (Lipinski definition) is 4. The van der Waals surface area contributed by atoms with Crippen molar-refractivity contribution in [2.75, 3.05) is 18.5 Å². The van der Waals surface area contributed by atoms with Crippen LogP contribution in [0.4, 0.5) is 5.69 Å². The van der Waals surface area contributed by atoms with E-state index in [0.717, 1.165) is 11.3 Å². The third-order valence-electron chi connectivity index (χ3n) is 4.16. The Morgan fingerprint density at radius 1 is 0.889 bits per heavy atom. The van der Waals surface area contributed by atoms with Gasteiger partial charge in [-0.2, -0.15) is 0 Å². The lowest BCUT2D eigenvalue weighted by Gasteiger charge is -2.19. The van der Waals surface area contributed by atoms with E-state index in [1.165, 1.54) is 0 Å². The third-order valence-corrected chi connectivity index (χ3v) is 4.16. The molecule has 1 amide bonds. The monoisotopic (exact) mass is 361 g/mol. The fourth-order valence-corrected chi connectivity index (χ4v) is 2.76. The van der Waals surface area contributed by atoms with Crippen molar-refractivity contribution in [3.05, 3.63) is 83.9 Å². The van der Waals surface area contributed by atoms with E-state index < -0.39 is 0 Å². The highest BCUT2D eigenvalue weighted by atomic mass is 16.6. The molecule has 136 valence electrons. The van der Waals surface area contributed by atoms with Gasteiger partial charge in [0.25, 0.3) is 5.91 Å². The van der Waals surface area contributed by atoms with Crippen LogP contribution in [0, 0.1) is 0 Å². The molecule has 0 aliphatic carbocycles. The number of fused-ring (bicyclic) bond motifs is 1. The number of amides is 1. The first-order chi connectivity index (χ1) is 13.3. The van der Waals surface area contributed by atoms with Gasteiger partial charge in [0.05, 0.1) is 0 Å². The van der Waals surface area contributed by atoms with Gasteiger partial charge in [-0.1, -0.05) is 30.3 Å². The summed E-state index contributed by atoms with van der Waals surface area (Å²) in [6.45, 7) is 1.50. The van der Waals surface area contributed by atoms with Crippen molar-refractivity contribution in [3.63, 3.8) is 0 Å². The average Bonchev–Trinajstić information content (AvgIpc) is 2.73. The van der Waals surface area contributed by atoms with E-state index in [1.54, 1.807) is 30.3 Å². The number of nitrogens with one attached hydrogen (secondary N) is 1. The van der Waals surface area contributed by atoms with Crippen molar-refractivity contribution >= 4 is 11.6 Å².